The Morgan fingerprint density at radius 1 is 1.22 bits per heavy atom. The number of aryl methyl sites for hydroxylation is 1. The molecular formula is C19H19F2N5O. The van der Waals surface area contributed by atoms with E-state index in [9.17, 15) is 13.6 Å². The van der Waals surface area contributed by atoms with Crippen LogP contribution in [-0.2, 0) is 0 Å². The maximum atomic E-state index is 13.4. The van der Waals surface area contributed by atoms with Gasteiger partial charge in [-0.25, -0.2) is 13.5 Å². The minimum Gasteiger partial charge on any atom is -0.367 e. The number of H-pyrrole nitrogens is 1. The van der Waals surface area contributed by atoms with Crippen LogP contribution in [0.3, 0.4) is 0 Å². The number of pyridine rings is 1. The molecule has 6 nitrogen and oxygen atoms in total. The van der Waals surface area contributed by atoms with Crippen molar-refractivity contribution in [2.75, 3.05) is 13.1 Å². The average molecular weight is 371 g/mol. The smallest absolute Gasteiger partial charge is 0.274 e. The molecule has 27 heavy (non-hydrogen) atoms. The Morgan fingerprint density at radius 2 is 2.00 bits per heavy atom. The minimum atomic E-state index is -2.69. The zero-order valence-electron chi connectivity index (χ0n) is 14.8. The first-order valence-corrected chi connectivity index (χ1v) is 8.76. The largest absolute Gasteiger partial charge is 0.367 e. The van der Waals surface area contributed by atoms with Crippen molar-refractivity contribution in [3.05, 3.63) is 54.2 Å². The van der Waals surface area contributed by atoms with Crippen molar-refractivity contribution in [2.24, 2.45) is 0 Å². The van der Waals surface area contributed by atoms with Crippen LogP contribution in [0.2, 0.25) is 0 Å². The molecule has 8 heteroatoms. The van der Waals surface area contributed by atoms with Crippen molar-refractivity contribution < 1.29 is 13.6 Å². The van der Waals surface area contributed by atoms with Gasteiger partial charge in [0.15, 0.2) is 5.69 Å². The van der Waals surface area contributed by atoms with Gasteiger partial charge in [-0.15, -0.1) is 0 Å². The van der Waals surface area contributed by atoms with E-state index >= 15 is 0 Å². The van der Waals surface area contributed by atoms with Crippen molar-refractivity contribution in [3.8, 4) is 16.9 Å². The first-order chi connectivity index (χ1) is 12.9. The van der Waals surface area contributed by atoms with Crippen LogP contribution in [0.15, 0.2) is 42.9 Å². The zero-order chi connectivity index (χ0) is 19.0. The molecule has 0 radical (unpaired) electrons. The van der Waals surface area contributed by atoms with Gasteiger partial charge in [-0.05, 0) is 31.2 Å². The molecule has 0 aromatic carbocycles. The number of carbonyl (C=O) groups excluding carboxylic acids is 1. The second-order valence-electron chi connectivity index (χ2n) is 6.73. The number of hydrogen-bond acceptors (Lipinski definition) is 3. The lowest BCUT2D eigenvalue weighted by Crippen LogP contribution is -2.42. The summed E-state index contributed by atoms with van der Waals surface area (Å²) in [6.45, 7) is 1.95. The number of hydrogen-bond donors (Lipinski definition) is 1. The summed E-state index contributed by atoms with van der Waals surface area (Å²) in [4.78, 5) is 21.5. The molecule has 4 rings (SSSR count). The highest BCUT2D eigenvalue weighted by Gasteiger charge is 2.36. The second-order valence-corrected chi connectivity index (χ2v) is 6.73. The number of likely N-dealkylation sites (tertiary alicyclic amines) is 1. The number of halogens is 2. The number of nitrogens with one attached hydrogen (secondary N) is 1. The highest BCUT2D eigenvalue weighted by atomic mass is 19.3. The molecule has 1 N–H and O–H groups in total. The predicted octanol–water partition coefficient (Wildman–Crippen LogP) is 3.44. The summed E-state index contributed by atoms with van der Waals surface area (Å²) in [5, 5.41) is 4.46. The SMILES string of the molecule is Cc1ccc(-n2nc(C(=O)N3CCC(F)(F)CC3)cc2-c2cc[nH]c2)cn1. The van der Waals surface area contributed by atoms with E-state index < -0.39 is 5.92 Å². The lowest BCUT2D eigenvalue weighted by atomic mass is 10.1. The van der Waals surface area contributed by atoms with Crippen LogP contribution < -0.4 is 0 Å². The van der Waals surface area contributed by atoms with E-state index in [1.807, 2.05) is 31.3 Å². The van der Waals surface area contributed by atoms with Gasteiger partial charge in [0.25, 0.3) is 11.8 Å². The maximum absolute atomic E-state index is 13.4. The van der Waals surface area contributed by atoms with E-state index in [2.05, 4.69) is 15.1 Å². The molecule has 1 aliphatic heterocycles. The molecule has 0 unspecified atom stereocenters. The quantitative estimate of drug-likeness (QED) is 0.767. The van der Waals surface area contributed by atoms with Crippen LogP contribution in [0.1, 0.15) is 29.0 Å². The van der Waals surface area contributed by atoms with Gasteiger partial charge >= 0.3 is 0 Å². The Hall–Kier alpha value is -3.03. The number of piperidine rings is 1. The topological polar surface area (TPSA) is 66.8 Å². The molecular weight excluding hydrogens is 352 g/mol. The molecule has 0 aliphatic carbocycles. The summed E-state index contributed by atoms with van der Waals surface area (Å²) in [6, 6.07) is 7.32. The van der Waals surface area contributed by atoms with Crippen molar-refractivity contribution in [2.45, 2.75) is 25.7 Å². The third-order valence-electron chi connectivity index (χ3n) is 4.74. The van der Waals surface area contributed by atoms with E-state index in [-0.39, 0.29) is 37.5 Å². The Balaban J connectivity index is 1.69. The van der Waals surface area contributed by atoms with Gasteiger partial charge < -0.3 is 9.88 Å². The van der Waals surface area contributed by atoms with Crippen LogP contribution in [0.4, 0.5) is 8.78 Å². The Labute approximate surface area is 154 Å². The first-order valence-electron chi connectivity index (χ1n) is 8.76. The summed E-state index contributed by atoms with van der Waals surface area (Å²) in [5.41, 5.74) is 3.43. The first kappa shape index (κ1) is 17.4. The number of nitrogens with zero attached hydrogens (tertiary/aromatic N) is 4. The van der Waals surface area contributed by atoms with Crippen LogP contribution in [0.25, 0.3) is 16.9 Å². The molecule has 1 saturated heterocycles. The Kier molecular flexibility index (Phi) is 4.25. The Morgan fingerprint density at radius 3 is 2.63 bits per heavy atom. The summed E-state index contributed by atoms with van der Waals surface area (Å²) in [5.74, 6) is -3.03. The van der Waals surface area contributed by atoms with Gasteiger partial charge in [-0.2, -0.15) is 5.10 Å². The number of amides is 1. The molecule has 3 aromatic rings. The minimum absolute atomic E-state index is 0.0320. The van der Waals surface area contributed by atoms with Crippen molar-refractivity contribution in [1.29, 1.82) is 0 Å². The molecule has 0 bridgehead atoms. The molecule has 0 atom stereocenters. The zero-order valence-corrected chi connectivity index (χ0v) is 14.8. The molecule has 1 aliphatic rings. The highest BCUT2D eigenvalue weighted by molar-refractivity contribution is 5.93. The maximum Gasteiger partial charge on any atom is 0.274 e. The lowest BCUT2D eigenvalue weighted by Gasteiger charge is -2.31. The van der Waals surface area contributed by atoms with Gasteiger partial charge in [-0.3, -0.25) is 9.78 Å². The normalized spacial score (nSPS) is 16.5. The molecule has 0 saturated carbocycles. The van der Waals surface area contributed by atoms with E-state index in [0.29, 0.717) is 0 Å². The molecule has 1 amide bonds. The summed E-state index contributed by atoms with van der Waals surface area (Å²) in [7, 11) is 0. The average Bonchev–Trinajstić information content (AvgIpc) is 3.31. The number of rotatable bonds is 3. The van der Waals surface area contributed by atoms with Gasteiger partial charge in [0, 0.05) is 49.6 Å². The monoisotopic (exact) mass is 371 g/mol. The van der Waals surface area contributed by atoms with Gasteiger partial charge in [0.2, 0.25) is 0 Å². The number of carbonyl (C=O) groups is 1. The van der Waals surface area contributed by atoms with E-state index in [0.717, 1.165) is 22.6 Å². The molecule has 0 spiro atoms. The van der Waals surface area contributed by atoms with Crippen LogP contribution in [0.5, 0.6) is 0 Å². The fourth-order valence-electron chi connectivity index (χ4n) is 3.16. The molecule has 3 aromatic heterocycles. The standard InChI is InChI=1S/C19H19F2N5O/c1-13-2-3-15(12-23-13)26-17(14-4-7-22-11-14)10-16(24-26)18(27)25-8-5-19(20,21)6-9-25/h2-4,7,10-12,22H,5-6,8-9H2,1H3. The molecule has 140 valence electrons. The van der Waals surface area contributed by atoms with Crippen LogP contribution >= 0.6 is 0 Å². The summed E-state index contributed by atoms with van der Waals surface area (Å²) in [6.07, 6.45) is 4.66. The van der Waals surface area contributed by atoms with Crippen molar-refractivity contribution in [1.82, 2.24) is 24.6 Å². The van der Waals surface area contributed by atoms with Gasteiger partial charge in [0.1, 0.15) is 0 Å². The fraction of sp³-hybridized carbons (Fsp3) is 0.316. The third kappa shape index (κ3) is 3.47. The predicted molar refractivity (Wildman–Crippen MR) is 96.0 cm³/mol. The van der Waals surface area contributed by atoms with Crippen LogP contribution in [0, 0.1) is 6.92 Å². The summed E-state index contributed by atoms with van der Waals surface area (Å²) < 4.78 is 28.4. The lowest BCUT2D eigenvalue weighted by molar-refractivity contribution is -0.0495. The molecule has 4 heterocycles. The van der Waals surface area contributed by atoms with Crippen LogP contribution in [-0.4, -0.2) is 49.6 Å². The number of aromatic nitrogens is 4. The van der Waals surface area contributed by atoms with Crippen molar-refractivity contribution >= 4 is 5.91 Å². The van der Waals surface area contributed by atoms with E-state index in [1.165, 1.54) is 4.90 Å². The van der Waals surface area contributed by atoms with E-state index in [1.54, 1.807) is 23.1 Å². The van der Waals surface area contributed by atoms with Gasteiger partial charge in [-0.1, -0.05) is 0 Å². The molecule has 1 fully saturated rings. The fourth-order valence-corrected chi connectivity index (χ4v) is 3.16. The third-order valence-corrected chi connectivity index (χ3v) is 4.74. The second kappa shape index (κ2) is 6.61. The highest BCUT2D eigenvalue weighted by Crippen LogP contribution is 2.29. The van der Waals surface area contributed by atoms with Crippen molar-refractivity contribution in [3.63, 3.8) is 0 Å². The Bertz CT molecular complexity index is 937. The number of alkyl halides is 2. The van der Waals surface area contributed by atoms with Gasteiger partial charge in [0.05, 0.1) is 17.6 Å². The van der Waals surface area contributed by atoms with E-state index in [4.69, 9.17) is 0 Å². The summed E-state index contributed by atoms with van der Waals surface area (Å²) >= 11 is 0. The number of aromatic amines is 1.